The average Bonchev–Trinajstić information content (AvgIpc) is 3.27. The molecule has 0 unspecified atom stereocenters. The lowest BCUT2D eigenvalue weighted by molar-refractivity contribution is 0.202. The molecule has 27 heavy (non-hydrogen) atoms. The highest BCUT2D eigenvalue weighted by molar-refractivity contribution is 5.24. The van der Waals surface area contributed by atoms with Gasteiger partial charge >= 0.3 is 0 Å². The number of piperidine rings is 1. The topological polar surface area (TPSA) is 49.7 Å². The summed E-state index contributed by atoms with van der Waals surface area (Å²) in [4.78, 5) is 2.56. The molecule has 142 valence electrons. The summed E-state index contributed by atoms with van der Waals surface area (Å²) in [6, 6.07) is 10.7. The van der Waals surface area contributed by atoms with Gasteiger partial charge in [0.2, 0.25) is 0 Å². The SMILES string of the molecule is Cc1nn(C)cc1CN1CCC(c2[nH]ncc2CCc2ccccc2)CC1. The van der Waals surface area contributed by atoms with Gasteiger partial charge in [0.15, 0.2) is 0 Å². The second-order valence-corrected chi connectivity index (χ2v) is 7.76. The van der Waals surface area contributed by atoms with Crippen LogP contribution in [0.2, 0.25) is 0 Å². The van der Waals surface area contributed by atoms with E-state index < -0.39 is 0 Å². The number of aryl methyl sites for hydroxylation is 4. The van der Waals surface area contributed by atoms with Gasteiger partial charge in [-0.15, -0.1) is 0 Å². The largest absolute Gasteiger partial charge is 0.299 e. The standard InChI is InChI=1S/C22H29N5/c1-17-21(15-26(2)25-17)16-27-12-10-19(11-13-27)22-20(14-23-24-22)9-8-18-6-4-3-5-7-18/h3-7,14-15,19H,8-13,16H2,1-2H3,(H,23,24). The van der Waals surface area contributed by atoms with Crippen molar-refractivity contribution in [2.24, 2.45) is 7.05 Å². The number of aromatic amines is 1. The molecule has 2 aromatic heterocycles. The van der Waals surface area contributed by atoms with Gasteiger partial charge in [-0.3, -0.25) is 14.7 Å². The van der Waals surface area contributed by atoms with Crippen molar-refractivity contribution in [2.45, 2.75) is 45.1 Å². The second-order valence-electron chi connectivity index (χ2n) is 7.76. The van der Waals surface area contributed by atoms with Crippen molar-refractivity contribution in [3.63, 3.8) is 0 Å². The Hall–Kier alpha value is -2.40. The van der Waals surface area contributed by atoms with E-state index in [9.17, 15) is 0 Å². The van der Waals surface area contributed by atoms with E-state index in [1.165, 1.54) is 35.2 Å². The molecule has 1 aromatic carbocycles. The number of likely N-dealkylation sites (tertiary alicyclic amines) is 1. The van der Waals surface area contributed by atoms with Crippen molar-refractivity contribution in [1.82, 2.24) is 24.9 Å². The predicted molar refractivity (Wildman–Crippen MR) is 108 cm³/mol. The lowest BCUT2D eigenvalue weighted by atomic mass is 9.90. The molecule has 3 heterocycles. The third-order valence-electron chi connectivity index (χ3n) is 5.78. The molecule has 0 atom stereocenters. The maximum absolute atomic E-state index is 4.47. The molecule has 0 spiro atoms. The molecule has 1 N–H and O–H groups in total. The van der Waals surface area contributed by atoms with Crippen LogP contribution in [0.25, 0.3) is 0 Å². The van der Waals surface area contributed by atoms with Crippen LogP contribution in [-0.4, -0.2) is 38.0 Å². The van der Waals surface area contributed by atoms with Crippen molar-refractivity contribution in [2.75, 3.05) is 13.1 Å². The van der Waals surface area contributed by atoms with Gasteiger partial charge in [0.25, 0.3) is 0 Å². The Morgan fingerprint density at radius 3 is 2.56 bits per heavy atom. The van der Waals surface area contributed by atoms with Crippen LogP contribution in [0.5, 0.6) is 0 Å². The first kappa shape index (κ1) is 18.0. The zero-order valence-electron chi connectivity index (χ0n) is 16.4. The van der Waals surface area contributed by atoms with E-state index >= 15 is 0 Å². The van der Waals surface area contributed by atoms with Crippen LogP contribution in [0.1, 0.15) is 46.8 Å². The van der Waals surface area contributed by atoms with E-state index in [4.69, 9.17) is 0 Å². The molecule has 5 nitrogen and oxygen atoms in total. The zero-order valence-corrected chi connectivity index (χ0v) is 16.4. The summed E-state index contributed by atoms with van der Waals surface area (Å²) in [6.07, 6.45) is 8.71. The molecule has 1 aliphatic rings. The normalized spacial score (nSPS) is 16.1. The number of aromatic nitrogens is 4. The molecule has 5 heteroatoms. The predicted octanol–water partition coefficient (Wildman–Crippen LogP) is 3.62. The molecule has 0 aliphatic carbocycles. The quantitative estimate of drug-likeness (QED) is 0.728. The van der Waals surface area contributed by atoms with Gasteiger partial charge in [-0.2, -0.15) is 10.2 Å². The fourth-order valence-electron chi connectivity index (χ4n) is 4.22. The van der Waals surface area contributed by atoms with Crippen LogP contribution in [0, 0.1) is 6.92 Å². The minimum absolute atomic E-state index is 0.601. The maximum Gasteiger partial charge on any atom is 0.0638 e. The van der Waals surface area contributed by atoms with E-state index in [0.717, 1.165) is 38.2 Å². The van der Waals surface area contributed by atoms with Gasteiger partial charge in [0, 0.05) is 37.0 Å². The third kappa shape index (κ3) is 4.30. The summed E-state index contributed by atoms with van der Waals surface area (Å²) in [6.45, 7) is 5.38. The van der Waals surface area contributed by atoms with E-state index in [-0.39, 0.29) is 0 Å². The summed E-state index contributed by atoms with van der Waals surface area (Å²) in [5, 5.41) is 12.1. The van der Waals surface area contributed by atoms with Crippen molar-refractivity contribution in [3.8, 4) is 0 Å². The number of rotatable bonds is 6. The summed E-state index contributed by atoms with van der Waals surface area (Å²) < 4.78 is 1.92. The Labute approximate surface area is 161 Å². The van der Waals surface area contributed by atoms with Gasteiger partial charge in [-0.1, -0.05) is 30.3 Å². The molecule has 1 saturated heterocycles. The van der Waals surface area contributed by atoms with Crippen molar-refractivity contribution in [1.29, 1.82) is 0 Å². The van der Waals surface area contributed by atoms with Gasteiger partial charge in [-0.05, 0) is 56.8 Å². The first-order valence-electron chi connectivity index (χ1n) is 9.96. The summed E-state index contributed by atoms with van der Waals surface area (Å²) in [5.74, 6) is 0.601. The number of benzene rings is 1. The average molecular weight is 364 g/mol. The van der Waals surface area contributed by atoms with E-state index in [1.54, 1.807) is 0 Å². The van der Waals surface area contributed by atoms with Gasteiger partial charge in [0.1, 0.15) is 0 Å². The number of H-pyrrole nitrogens is 1. The number of nitrogens with one attached hydrogen (secondary N) is 1. The molecule has 4 rings (SSSR count). The number of hydrogen-bond donors (Lipinski definition) is 1. The molecule has 1 aliphatic heterocycles. The Kier molecular flexibility index (Phi) is 5.39. The van der Waals surface area contributed by atoms with Crippen molar-refractivity contribution in [3.05, 3.63) is 70.8 Å². The highest BCUT2D eigenvalue weighted by Gasteiger charge is 2.24. The van der Waals surface area contributed by atoms with Crippen molar-refractivity contribution < 1.29 is 0 Å². The molecule has 0 amide bonds. The molecule has 0 radical (unpaired) electrons. The molecular formula is C22H29N5. The zero-order chi connectivity index (χ0) is 18.6. The van der Waals surface area contributed by atoms with E-state index in [1.807, 2.05) is 17.9 Å². The lowest BCUT2D eigenvalue weighted by Crippen LogP contribution is -2.32. The molecular weight excluding hydrogens is 334 g/mol. The number of hydrogen-bond acceptors (Lipinski definition) is 3. The first-order valence-corrected chi connectivity index (χ1v) is 9.96. The highest BCUT2D eigenvalue weighted by Crippen LogP contribution is 2.30. The van der Waals surface area contributed by atoms with Crippen LogP contribution >= 0.6 is 0 Å². The highest BCUT2D eigenvalue weighted by atomic mass is 15.3. The summed E-state index contributed by atoms with van der Waals surface area (Å²) in [5.41, 5.74) is 6.65. The van der Waals surface area contributed by atoms with Crippen LogP contribution in [0.4, 0.5) is 0 Å². The molecule has 0 saturated carbocycles. The summed E-state index contributed by atoms with van der Waals surface area (Å²) in [7, 11) is 2.00. The maximum atomic E-state index is 4.47. The molecule has 1 fully saturated rings. The monoisotopic (exact) mass is 363 g/mol. The minimum Gasteiger partial charge on any atom is -0.299 e. The fourth-order valence-corrected chi connectivity index (χ4v) is 4.22. The fraction of sp³-hybridized carbons (Fsp3) is 0.455. The van der Waals surface area contributed by atoms with Gasteiger partial charge in [0.05, 0.1) is 11.9 Å². The summed E-state index contributed by atoms with van der Waals surface area (Å²) >= 11 is 0. The Morgan fingerprint density at radius 1 is 1.07 bits per heavy atom. The van der Waals surface area contributed by atoms with Gasteiger partial charge in [-0.25, -0.2) is 0 Å². The molecule has 0 bridgehead atoms. The van der Waals surface area contributed by atoms with Gasteiger partial charge < -0.3 is 0 Å². The third-order valence-corrected chi connectivity index (χ3v) is 5.78. The van der Waals surface area contributed by atoms with E-state index in [0.29, 0.717) is 5.92 Å². The van der Waals surface area contributed by atoms with Crippen LogP contribution < -0.4 is 0 Å². The van der Waals surface area contributed by atoms with E-state index in [2.05, 4.69) is 63.6 Å². The second kappa shape index (κ2) is 8.09. The van der Waals surface area contributed by atoms with Crippen LogP contribution in [-0.2, 0) is 26.4 Å². The van der Waals surface area contributed by atoms with Crippen LogP contribution in [0.15, 0.2) is 42.7 Å². The first-order chi connectivity index (χ1) is 13.2. The Balaban J connectivity index is 1.33. The smallest absolute Gasteiger partial charge is 0.0638 e. The minimum atomic E-state index is 0.601. The Bertz CT molecular complexity index is 856. The Morgan fingerprint density at radius 2 is 1.85 bits per heavy atom. The lowest BCUT2D eigenvalue weighted by Gasteiger charge is -2.31. The van der Waals surface area contributed by atoms with Crippen molar-refractivity contribution >= 4 is 0 Å². The molecule has 3 aromatic rings. The van der Waals surface area contributed by atoms with Crippen LogP contribution in [0.3, 0.4) is 0 Å². The number of nitrogens with zero attached hydrogens (tertiary/aromatic N) is 4.